The van der Waals surface area contributed by atoms with Crippen LogP contribution in [0.15, 0.2) is 47.2 Å². The van der Waals surface area contributed by atoms with Crippen molar-refractivity contribution >= 4 is 41.3 Å². The van der Waals surface area contributed by atoms with Gasteiger partial charge in [-0.05, 0) is 30.7 Å². The van der Waals surface area contributed by atoms with E-state index in [0.29, 0.717) is 6.54 Å². The fraction of sp³-hybridized carbons (Fsp3) is 0.294. The summed E-state index contributed by atoms with van der Waals surface area (Å²) in [5.74, 6) is 1.57. The van der Waals surface area contributed by atoms with Gasteiger partial charge < -0.3 is 10.6 Å². The van der Waals surface area contributed by atoms with Gasteiger partial charge in [0.15, 0.2) is 11.8 Å². The number of thiazole rings is 1. The second-order valence-corrected chi connectivity index (χ2v) is 6.50. The molecule has 2 N–H and O–H groups in total. The molecule has 3 rings (SSSR count). The highest BCUT2D eigenvalue weighted by atomic mass is 127. The lowest BCUT2D eigenvalue weighted by Gasteiger charge is -2.12. The van der Waals surface area contributed by atoms with Crippen molar-refractivity contribution in [3.8, 4) is 5.82 Å². The third kappa shape index (κ3) is 5.77. The Morgan fingerprint density at radius 1 is 1.31 bits per heavy atom. The van der Waals surface area contributed by atoms with Crippen molar-refractivity contribution in [1.82, 2.24) is 30.4 Å². The maximum absolute atomic E-state index is 4.46. The van der Waals surface area contributed by atoms with Gasteiger partial charge in [-0.25, -0.2) is 14.6 Å². The molecule has 0 aliphatic heterocycles. The average Bonchev–Trinajstić information content (AvgIpc) is 3.30. The number of aryl methyl sites for hydroxylation is 1. The van der Waals surface area contributed by atoms with E-state index in [-0.39, 0.29) is 24.0 Å². The minimum atomic E-state index is 0. The van der Waals surface area contributed by atoms with Crippen LogP contribution in [0.4, 0.5) is 0 Å². The average molecular weight is 483 g/mol. The Morgan fingerprint density at radius 2 is 2.19 bits per heavy atom. The van der Waals surface area contributed by atoms with Crippen molar-refractivity contribution in [1.29, 1.82) is 0 Å². The van der Waals surface area contributed by atoms with E-state index in [1.807, 2.05) is 31.3 Å². The molecule has 0 saturated carbocycles. The number of guanidine groups is 1. The van der Waals surface area contributed by atoms with E-state index in [9.17, 15) is 0 Å². The molecule has 3 aromatic rings. The maximum Gasteiger partial charge on any atom is 0.191 e. The highest BCUT2D eigenvalue weighted by Gasteiger charge is 2.03. The Morgan fingerprint density at radius 3 is 2.88 bits per heavy atom. The van der Waals surface area contributed by atoms with Crippen LogP contribution in [0.3, 0.4) is 0 Å². The summed E-state index contributed by atoms with van der Waals surface area (Å²) >= 11 is 1.68. The van der Waals surface area contributed by atoms with Gasteiger partial charge in [0.1, 0.15) is 0 Å². The molecular weight excluding hydrogens is 461 g/mol. The van der Waals surface area contributed by atoms with Gasteiger partial charge in [0, 0.05) is 50.5 Å². The zero-order chi connectivity index (χ0) is 17.5. The first kappa shape index (κ1) is 20.3. The number of pyridine rings is 1. The molecule has 0 aliphatic carbocycles. The Bertz CT molecular complexity index is 829. The van der Waals surface area contributed by atoms with Crippen molar-refractivity contribution < 1.29 is 0 Å². The number of nitrogens with zero attached hydrogens (tertiary/aromatic N) is 5. The lowest BCUT2D eigenvalue weighted by molar-refractivity contribution is 0.782. The SMILES string of the molecule is CN=C(NCCc1csc(C)n1)NCc1ccnc(-n2cccn2)c1.I. The minimum Gasteiger partial charge on any atom is -0.356 e. The summed E-state index contributed by atoms with van der Waals surface area (Å²) in [6, 6.07) is 5.86. The van der Waals surface area contributed by atoms with E-state index in [1.54, 1.807) is 35.5 Å². The maximum atomic E-state index is 4.46. The lowest BCUT2D eigenvalue weighted by Crippen LogP contribution is -2.37. The standard InChI is InChI=1S/C17H21N7S.HI/c1-13-23-15(12-25-13)5-8-20-17(18-2)21-11-14-4-7-19-16(10-14)24-9-3-6-22-24;/h3-4,6-7,9-10,12H,5,8,11H2,1-2H3,(H2,18,20,21);1H. The third-order valence-electron chi connectivity index (χ3n) is 3.57. The van der Waals surface area contributed by atoms with Gasteiger partial charge in [0.25, 0.3) is 0 Å². The van der Waals surface area contributed by atoms with Gasteiger partial charge in [0.2, 0.25) is 0 Å². The van der Waals surface area contributed by atoms with E-state index in [4.69, 9.17) is 0 Å². The quantitative estimate of drug-likeness (QED) is 0.320. The zero-order valence-electron chi connectivity index (χ0n) is 14.7. The first-order valence-corrected chi connectivity index (χ1v) is 8.93. The molecule has 9 heteroatoms. The van der Waals surface area contributed by atoms with Gasteiger partial charge in [-0.3, -0.25) is 4.99 Å². The molecule has 0 saturated heterocycles. The van der Waals surface area contributed by atoms with Crippen LogP contribution in [-0.4, -0.2) is 39.3 Å². The number of aromatic nitrogens is 4. The minimum absolute atomic E-state index is 0. The van der Waals surface area contributed by atoms with Crippen LogP contribution in [0.5, 0.6) is 0 Å². The van der Waals surface area contributed by atoms with Crippen molar-refractivity contribution in [2.45, 2.75) is 19.9 Å². The molecule has 7 nitrogen and oxygen atoms in total. The zero-order valence-corrected chi connectivity index (χ0v) is 17.9. The van der Waals surface area contributed by atoms with Crippen LogP contribution < -0.4 is 10.6 Å². The number of aliphatic imine (C=N–C) groups is 1. The summed E-state index contributed by atoms with van der Waals surface area (Å²) < 4.78 is 1.74. The Kier molecular flexibility index (Phi) is 7.98. The molecule has 3 heterocycles. The summed E-state index contributed by atoms with van der Waals surface area (Å²) in [7, 11) is 1.77. The highest BCUT2D eigenvalue weighted by molar-refractivity contribution is 14.0. The fourth-order valence-electron chi connectivity index (χ4n) is 2.34. The smallest absolute Gasteiger partial charge is 0.191 e. The van der Waals surface area contributed by atoms with E-state index in [2.05, 4.69) is 36.1 Å². The summed E-state index contributed by atoms with van der Waals surface area (Å²) in [6.07, 6.45) is 6.28. The van der Waals surface area contributed by atoms with E-state index in [0.717, 1.165) is 41.0 Å². The fourth-order valence-corrected chi connectivity index (χ4v) is 2.99. The molecule has 26 heavy (non-hydrogen) atoms. The molecule has 0 bridgehead atoms. The van der Waals surface area contributed by atoms with Crippen molar-refractivity contribution in [3.05, 3.63) is 58.4 Å². The second-order valence-electron chi connectivity index (χ2n) is 5.43. The number of halogens is 1. The molecule has 0 aromatic carbocycles. The van der Waals surface area contributed by atoms with Crippen molar-refractivity contribution in [3.63, 3.8) is 0 Å². The van der Waals surface area contributed by atoms with E-state index in [1.165, 1.54) is 0 Å². The predicted octanol–water partition coefficient (Wildman–Crippen LogP) is 2.56. The van der Waals surface area contributed by atoms with Crippen LogP contribution in [0.25, 0.3) is 5.82 Å². The van der Waals surface area contributed by atoms with Crippen LogP contribution >= 0.6 is 35.3 Å². The molecule has 0 radical (unpaired) electrons. The summed E-state index contributed by atoms with van der Waals surface area (Å²) in [5.41, 5.74) is 2.22. The molecule has 0 atom stereocenters. The lowest BCUT2D eigenvalue weighted by atomic mass is 10.2. The second kappa shape index (κ2) is 10.2. The Labute approximate surface area is 174 Å². The number of rotatable bonds is 6. The van der Waals surface area contributed by atoms with E-state index >= 15 is 0 Å². The molecule has 0 aliphatic rings. The van der Waals surface area contributed by atoms with Crippen LogP contribution in [0, 0.1) is 6.92 Å². The largest absolute Gasteiger partial charge is 0.356 e. The summed E-state index contributed by atoms with van der Waals surface area (Å²) in [5, 5.41) is 14.0. The molecule has 3 aromatic heterocycles. The van der Waals surface area contributed by atoms with Gasteiger partial charge in [-0.2, -0.15) is 5.10 Å². The first-order valence-electron chi connectivity index (χ1n) is 8.05. The Hall–Kier alpha value is -2.01. The first-order chi connectivity index (χ1) is 12.2. The van der Waals surface area contributed by atoms with E-state index < -0.39 is 0 Å². The third-order valence-corrected chi connectivity index (χ3v) is 4.40. The van der Waals surface area contributed by atoms with Gasteiger partial charge in [-0.1, -0.05) is 0 Å². The molecule has 0 spiro atoms. The predicted molar refractivity (Wildman–Crippen MR) is 116 cm³/mol. The number of hydrogen-bond donors (Lipinski definition) is 2. The van der Waals surface area contributed by atoms with Gasteiger partial charge in [0.05, 0.1) is 10.7 Å². The van der Waals surface area contributed by atoms with Crippen molar-refractivity contribution in [2.24, 2.45) is 4.99 Å². The topological polar surface area (TPSA) is 80.0 Å². The van der Waals surface area contributed by atoms with Crippen molar-refractivity contribution in [2.75, 3.05) is 13.6 Å². The summed E-state index contributed by atoms with van der Waals surface area (Å²) in [4.78, 5) is 13.1. The van der Waals surface area contributed by atoms with Gasteiger partial charge >= 0.3 is 0 Å². The van der Waals surface area contributed by atoms with Crippen LogP contribution in [-0.2, 0) is 13.0 Å². The van der Waals surface area contributed by atoms with Crippen LogP contribution in [0.1, 0.15) is 16.3 Å². The molecular formula is C17H22IN7S. The highest BCUT2D eigenvalue weighted by Crippen LogP contribution is 2.08. The molecule has 138 valence electrons. The number of hydrogen-bond acceptors (Lipinski definition) is 5. The Balaban J connectivity index is 0.00000243. The molecule has 0 fully saturated rings. The number of nitrogens with one attached hydrogen (secondary N) is 2. The van der Waals surface area contributed by atoms with Crippen LogP contribution in [0.2, 0.25) is 0 Å². The molecule has 0 unspecified atom stereocenters. The summed E-state index contributed by atoms with van der Waals surface area (Å²) in [6.45, 7) is 3.47. The monoisotopic (exact) mass is 483 g/mol. The molecule has 0 amide bonds. The normalized spacial score (nSPS) is 11.1. The van der Waals surface area contributed by atoms with Gasteiger partial charge in [-0.15, -0.1) is 35.3 Å².